The van der Waals surface area contributed by atoms with Crippen molar-refractivity contribution >= 4 is 22.4 Å². The number of oxazole rings is 1. The second-order valence-corrected chi connectivity index (χ2v) is 8.10. The van der Waals surface area contributed by atoms with Gasteiger partial charge >= 0.3 is 0 Å². The molecule has 2 aliphatic carbocycles. The second kappa shape index (κ2) is 6.59. The topological polar surface area (TPSA) is 68.0 Å². The van der Waals surface area contributed by atoms with Crippen LogP contribution in [0.25, 0.3) is 16.5 Å². The van der Waals surface area contributed by atoms with Gasteiger partial charge in [0.05, 0.1) is 17.3 Å². The van der Waals surface area contributed by atoms with E-state index in [-0.39, 0.29) is 11.9 Å². The molecule has 2 aromatic heterocycles. The van der Waals surface area contributed by atoms with E-state index in [0.717, 1.165) is 17.3 Å². The first kappa shape index (κ1) is 17.2. The van der Waals surface area contributed by atoms with Crippen LogP contribution < -0.4 is 5.32 Å². The molecule has 1 fully saturated rings. The molecule has 1 spiro atoms. The number of hydrogen-bond donors (Lipinski definition) is 1. The summed E-state index contributed by atoms with van der Waals surface area (Å²) in [6, 6.07) is 7.84. The Labute approximate surface area is 163 Å². The number of allylic oxidation sites excluding steroid dienone is 2. The van der Waals surface area contributed by atoms with Crippen LogP contribution in [0.3, 0.4) is 0 Å². The third kappa shape index (κ3) is 3.11. The Morgan fingerprint density at radius 2 is 2.14 bits per heavy atom. The maximum Gasteiger partial charge on any atom is 0.253 e. The van der Waals surface area contributed by atoms with Gasteiger partial charge in [0.25, 0.3) is 5.91 Å². The molecule has 0 bridgehead atoms. The summed E-state index contributed by atoms with van der Waals surface area (Å²) < 4.78 is 5.26. The Kier molecular flexibility index (Phi) is 4.04. The summed E-state index contributed by atoms with van der Waals surface area (Å²) in [5, 5.41) is 3.90. The molecule has 28 heavy (non-hydrogen) atoms. The Morgan fingerprint density at radius 3 is 2.86 bits per heavy atom. The first-order chi connectivity index (χ1) is 13.6. The van der Waals surface area contributed by atoms with Gasteiger partial charge in [0.15, 0.2) is 0 Å². The van der Waals surface area contributed by atoms with Gasteiger partial charge in [0.1, 0.15) is 12.3 Å². The highest BCUT2D eigenvalue weighted by Gasteiger charge is 2.42. The molecule has 5 nitrogen and oxygen atoms in total. The molecule has 0 saturated heterocycles. The van der Waals surface area contributed by atoms with Crippen molar-refractivity contribution in [1.82, 2.24) is 15.3 Å². The van der Waals surface area contributed by atoms with Crippen LogP contribution >= 0.6 is 0 Å². The van der Waals surface area contributed by atoms with Crippen LogP contribution in [0.15, 0.2) is 53.4 Å². The number of carbonyl (C=O) groups is 1. The zero-order valence-electron chi connectivity index (χ0n) is 15.9. The zero-order chi connectivity index (χ0) is 19.1. The molecule has 3 aromatic rings. The number of nitrogens with zero attached hydrogens (tertiary/aromatic N) is 2. The molecule has 5 heteroatoms. The van der Waals surface area contributed by atoms with E-state index >= 15 is 0 Å². The second-order valence-electron chi connectivity index (χ2n) is 8.10. The molecule has 0 aliphatic heterocycles. The van der Waals surface area contributed by atoms with Gasteiger partial charge in [-0.05, 0) is 56.1 Å². The van der Waals surface area contributed by atoms with Gasteiger partial charge in [-0.2, -0.15) is 0 Å². The summed E-state index contributed by atoms with van der Waals surface area (Å²) in [5.74, 6) is 0.306. The van der Waals surface area contributed by atoms with Crippen molar-refractivity contribution in [3.05, 3.63) is 66.0 Å². The van der Waals surface area contributed by atoms with Crippen LogP contribution in [0.1, 0.15) is 66.9 Å². The average Bonchev–Trinajstić information content (AvgIpc) is 3.24. The van der Waals surface area contributed by atoms with E-state index < -0.39 is 0 Å². The van der Waals surface area contributed by atoms with Crippen molar-refractivity contribution in [2.45, 2.75) is 45.1 Å². The highest BCUT2D eigenvalue weighted by atomic mass is 16.3. The number of pyridine rings is 1. The highest BCUT2D eigenvalue weighted by Crippen LogP contribution is 2.56. The fraction of sp³-hybridized carbons (Fsp3) is 0.348. The molecule has 1 amide bonds. The smallest absolute Gasteiger partial charge is 0.253 e. The molecular formula is C23H23N3O2. The summed E-state index contributed by atoms with van der Waals surface area (Å²) >= 11 is 0. The highest BCUT2D eigenvalue weighted by molar-refractivity contribution is 5.99. The lowest BCUT2D eigenvalue weighted by Gasteiger charge is -2.22. The predicted octanol–water partition coefficient (Wildman–Crippen LogP) is 5.06. The Hall–Kier alpha value is -2.95. The summed E-state index contributed by atoms with van der Waals surface area (Å²) in [6.07, 6.45) is 13.5. The van der Waals surface area contributed by atoms with E-state index in [2.05, 4.69) is 33.5 Å². The van der Waals surface area contributed by atoms with Crippen molar-refractivity contribution in [2.75, 3.05) is 0 Å². The van der Waals surface area contributed by atoms with Gasteiger partial charge in [0.2, 0.25) is 5.89 Å². The average molecular weight is 373 g/mol. The Bertz CT molecular complexity index is 1060. The van der Waals surface area contributed by atoms with Crippen LogP contribution in [0.5, 0.6) is 0 Å². The van der Waals surface area contributed by atoms with Crippen LogP contribution in [-0.4, -0.2) is 15.9 Å². The van der Waals surface area contributed by atoms with Crippen molar-refractivity contribution < 1.29 is 9.21 Å². The largest absolute Gasteiger partial charge is 0.447 e. The molecule has 1 aromatic carbocycles. The SMILES string of the molecule is C[C@@H](NC(=O)c1cnc2c(C3=CCC4(CC3)CC4)cccc2c1)c1ncco1. The molecule has 1 atom stereocenters. The first-order valence-corrected chi connectivity index (χ1v) is 9.92. The van der Waals surface area contributed by atoms with Gasteiger partial charge in [0, 0.05) is 17.1 Å². The van der Waals surface area contributed by atoms with Gasteiger partial charge in [-0.3, -0.25) is 9.78 Å². The van der Waals surface area contributed by atoms with Gasteiger partial charge in [-0.1, -0.05) is 24.3 Å². The third-order valence-electron chi connectivity index (χ3n) is 6.15. The molecule has 1 N–H and O–H groups in total. The lowest BCUT2D eigenvalue weighted by atomic mass is 9.84. The standard InChI is InChI=1S/C23H23N3O2/c1-15(22-24-11-12-28-22)26-21(27)18-13-17-3-2-4-19(20(17)25-14-18)16-5-7-23(8-6-16)9-10-23/h2-5,11-15H,6-10H2,1H3,(H,26,27)/t15-/m1/s1. The number of rotatable bonds is 4. The van der Waals surface area contributed by atoms with Crippen LogP contribution in [-0.2, 0) is 0 Å². The van der Waals surface area contributed by atoms with E-state index in [1.807, 2.05) is 19.1 Å². The number of benzene rings is 1. The minimum absolute atomic E-state index is 0.182. The maximum atomic E-state index is 12.6. The Balaban J connectivity index is 1.41. The maximum absolute atomic E-state index is 12.6. The Morgan fingerprint density at radius 1 is 1.25 bits per heavy atom. The van der Waals surface area contributed by atoms with Crippen molar-refractivity contribution in [1.29, 1.82) is 0 Å². The summed E-state index contributed by atoms with van der Waals surface area (Å²) in [6.45, 7) is 1.85. The molecular weight excluding hydrogens is 350 g/mol. The monoisotopic (exact) mass is 373 g/mol. The van der Waals surface area contributed by atoms with Crippen LogP contribution in [0, 0.1) is 5.41 Å². The van der Waals surface area contributed by atoms with Crippen molar-refractivity contribution in [2.24, 2.45) is 5.41 Å². The van der Waals surface area contributed by atoms with Crippen LogP contribution in [0.2, 0.25) is 0 Å². The van der Waals surface area contributed by atoms with Crippen LogP contribution in [0.4, 0.5) is 0 Å². The van der Waals surface area contributed by atoms with E-state index in [1.54, 1.807) is 12.4 Å². The molecule has 2 aliphatic rings. The molecule has 0 radical (unpaired) electrons. The zero-order valence-corrected chi connectivity index (χ0v) is 15.9. The fourth-order valence-corrected chi connectivity index (χ4v) is 4.15. The normalized spacial score (nSPS) is 18.7. The number of carbonyl (C=O) groups excluding carboxylic acids is 1. The van der Waals surface area contributed by atoms with E-state index in [4.69, 9.17) is 4.42 Å². The number of hydrogen-bond acceptors (Lipinski definition) is 4. The lowest BCUT2D eigenvalue weighted by Crippen LogP contribution is -2.26. The summed E-state index contributed by atoms with van der Waals surface area (Å²) in [7, 11) is 0. The lowest BCUT2D eigenvalue weighted by molar-refractivity contribution is 0.0934. The number of nitrogens with one attached hydrogen (secondary N) is 1. The number of amides is 1. The van der Waals surface area contributed by atoms with Crippen molar-refractivity contribution in [3.63, 3.8) is 0 Å². The van der Waals surface area contributed by atoms with Gasteiger partial charge < -0.3 is 9.73 Å². The number of para-hydroxylation sites is 1. The van der Waals surface area contributed by atoms with Crippen molar-refractivity contribution in [3.8, 4) is 0 Å². The third-order valence-corrected chi connectivity index (χ3v) is 6.15. The number of aromatic nitrogens is 2. The predicted molar refractivity (Wildman–Crippen MR) is 108 cm³/mol. The minimum Gasteiger partial charge on any atom is -0.447 e. The first-order valence-electron chi connectivity index (χ1n) is 9.92. The molecule has 0 unspecified atom stereocenters. The number of fused-ring (bicyclic) bond motifs is 1. The quantitative estimate of drug-likeness (QED) is 0.694. The summed E-state index contributed by atoms with van der Waals surface area (Å²) in [4.78, 5) is 21.4. The molecule has 1 saturated carbocycles. The fourth-order valence-electron chi connectivity index (χ4n) is 4.15. The summed E-state index contributed by atoms with van der Waals surface area (Å²) in [5.41, 5.74) is 4.72. The minimum atomic E-state index is -0.299. The molecule has 5 rings (SSSR count). The van der Waals surface area contributed by atoms with E-state index in [0.29, 0.717) is 16.9 Å². The van der Waals surface area contributed by atoms with E-state index in [1.165, 1.54) is 43.1 Å². The van der Waals surface area contributed by atoms with Gasteiger partial charge in [-0.15, -0.1) is 0 Å². The van der Waals surface area contributed by atoms with E-state index in [9.17, 15) is 4.79 Å². The molecule has 2 heterocycles. The van der Waals surface area contributed by atoms with Gasteiger partial charge in [-0.25, -0.2) is 4.98 Å². The molecule has 142 valence electrons.